The van der Waals surface area contributed by atoms with Crippen LogP contribution in [0.3, 0.4) is 0 Å². The maximum atomic E-state index is 2.50. The van der Waals surface area contributed by atoms with Crippen molar-refractivity contribution in [1.29, 1.82) is 0 Å². The summed E-state index contributed by atoms with van der Waals surface area (Å²) >= 11 is 0. The first-order chi connectivity index (χ1) is 20.9. The molecule has 0 bridgehead atoms. The number of nitrogens with zero attached hydrogens (tertiary/aromatic N) is 1. The Morgan fingerprint density at radius 2 is 0.930 bits per heavy atom. The van der Waals surface area contributed by atoms with E-state index in [0.29, 0.717) is 0 Å². The number of para-hydroxylation sites is 1. The Hall–Kier alpha value is -5.42. The Bertz CT molecular complexity index is 1890. The minimum atomic E-state index is -0.0441. The van der Waals surface area contributed by atoms with Gasteiger partial charge in [0.05, 0.1) is 5.69 Å². The number of rotatable bonds is 3. The van der Waals surface area contributed by atoms with E-state index in [2.05, 4.69) is 184 Å². The second-order valence-corrected chi connectivity index (χ2v) is 12.2. The number of hydrogen-bond donors (Lipinski definition) is 0. The van der Waals surface area contributed by atoms with Crippen LogP contribution in [0.25, 0.3) is 22.3 Å². The largest absolute Gasteiger partial charge is 0.310 e. The van der Waals surface area contributed by atoms with Crippen molar-refractivity contribution in [1.82, 2.24) is 0 Å². The summed E-state index contributed by atoms with van der Waals surface area (Å²) in [6.07, 6.45) is 0. The minimum Gasteiger partial charge on any atom is -0.310 e. The Morgan fingerprint density at radius 3 is 1.60 bits per heavy atom. The van der Waals surface area contributed by atoms with Crippen LogP contribution in [-0.4, -0.2) is 0 Å². The zero-order valence-electron chi connectivity index (χ0n) is 24.9. The lowest BCUT2D eigenvalue weighted by atomic mass is 9.82. The van der Waals surface area contributed by atoms with Gasteiger partial charge in [-0.2, -0.15) is 0 Å². The highest BCUT2D eigenvalue weighted by Crippen LogP contribution is 2.55. The predicted molar refractivity (Wildman–Crippen MR) is 176 cm³/mol. The maximum Gasteiger partial charge on any atom is 0.0543 e. The van der Waals surface area contributed by atoms with Gasteiger partial charge in [0.25, 0.3) is 0 Å². The van der Waals surface area contributed by atoms with Crippen LogP contribution in [0.4, 0.5) is 17.1 Å². The smallest absolute Gasteiger partial charge is 0.0543 e. The first kappa shape index (κ1) is 26.5. The van der Waals surface area contributed by atoms with E-state index in [-0.39, 0.29) is 10.8 Å². The Labute approximate surface area is 256 Å². The van der Waals surface area contributed by atoms with Crippen LogP contribution in [0.15, 0.2) is 115 Å². The second kappa shape index (κ2) is 10.1. The number of hydrogen-bond acceptors (Lipinski definition) is 1. The molecule has 0 amide bonds. The third-order valence-electron chi connectivity index (χ3n) is 9.04. The highest BCUT2D eigenvalue weighted by Gasteiger charge is 2.39. The maximum absolute atomic E-state index is 2.50. The molecule has 0 spiro atoms. The van der Waals surface area contributed by atoms with Crippen LogP contribution in [0.2, 0.25) is 0 Å². The van der Waals surface area contributed by atoms with Gasteiger partial charge >= 0.3 is 0 Å². The average molecular weight is 550 g/mol. The van der Waals surface area contributed by atoms with Crippen LogP contribution in [0, 0.1) is 36.4 Å². The van der Waals surface area contributed by atoms with Crippen LogP contribution >= 0.6 is 0 Å². The van der Waals surface area contributed by atoms with Crippen molar-refractivity contribution in [2.75, 3.05) is 4.90 Å². The Kier molecular flexibility index (Phi) is 6.24. The molecule has 0 aromatic heterocycles. The first-order valence-electron chi connectivity index (χ1n) is 14.7. The monoisotopic (exact) mass is 549 g/mol. The van der Waals surface area contributed by atoms with Gasteiger partial charge in [-0.1, -0.05) is 113 Å². The molecule has 0 fully saturated rings. The number of benzene rings is 5. The quantitative estimate of drug-likeness (QED) is 0.212. The molecule has 1 nitrogen and oxygen atoms in total. The van der Waals surface area contributed by atoms with Crippen molar-refractivity contribution in [3.63, 3.8) is 0 Å². The molecular weight excluding hydrogens is 518 g/mol. The Balaban J connectivity index is 0.000000449. The van der Waals surface area contributed by atoms with Crippen LogP contribution in [-0.2, 0) is 10.8 Å². The van der Waals surface area contributed by atoms with Gasteiger partial charge in [-0.15, -0.1) is 0 Å². The molecule has 0 unspecified atom stereocenters. The topological polar surface area (TPSA) is 3.24 Å². The summed E-state index contributed by atoms with van der Waals surface area (Å²) in [6.45, 7) is 9.41. The molecule has 0 N–H and O–H groups in total. The summed E-state index contributed by atoms with van der Waals surface area (Å²) in [7, 11) is 0. The average Bonchev–Trinajstić information content (AvgIpc) is 3.43. The van der Waals surface area contributed by atoms with Crippen LogP contribution in [0.1, 0.15) is 49.9 Å². The van der Waals surface area contributed by atoms with Gasteiger partial charge < -0.3 is 4.90 Å². The molecule has 0 radical (unpaired) electrons. The summed E-state index contributed by atoms with van der Waals surface area (Å²) in [4.78, 5) is 2.45. The molecule has 0 saturated heterocycles. The normalized spacial score (nSPS) is 13.9. The van der Waals surface area contributed by atoms with Gasteiger partial charge in [0.2, 0.25) is 0 Å². The molecule has 2 aliphatic carbocycles. The standard InChI is InChI=1S/C36H31N.C6/c1-35(2)30-18-11-9-16-28(30)34-31(35)19-12-20-33(34)37(24-13-6-5-7-14-24)25-21-22-27-26-15-8-10-17-29(26)36(3,4)32(27)23-25;1-2-4-6-5-3-1/h5-23H,1-4H3;. The summed E-state index contributed by atoms with van der Waals surface area (Å²) in [5, 5.41) is 0. The van der Waals surface area contributed by atoms with Crippen LogP contribution in [0.5, 0.6) is 0 Å². The SMILES string of the molecule is CC1(C)c2ccccc2-c2ccc(N(c3ccccc3)c3cccc4c3-c3ccccc3C4(C)C)cc21.c1c#cc#cc#1. The molecule has 0 atom stereocenters. The molecule has 8 rings (SSSR count). The van der Waals surface area contributed by atoms with Crippen molar-refractivity contribution in [2.45, 2.75) is 38.5 Å². The minimum absolute atomic E-state index is 0.0358. The molecule has 0 saturated carbocycles. The molecule has 0 aliphatic heterocycles. The van der Waals surface area contributed by atoms with Gasteiger partial charge in [0.15, 0.2) is 0 Å². The predicted octanol–water partition coefficient (Wildman–Crippen LogP) is 10.3. The zero-order chi connectivity index (χ0) is 29.6. The fourth-order valence-electron chi connectivity index (χ4n) is 6.94. The van der Waals surface area contributed by atoms with E-state index < -0.39 is 0 Å². The fourth-order valence-corrected chi connectivity index (χ4v) is 6.94. The fraction of sp³-hybridized carbons (Fsp3) is 0.143. The summed E-state index contributed by atoms with van der Waals surface area (Å²) in [5.74, 6) is 0. The highest BCUT2D eigenvalue weighted by atomic mass is 15.1. The first-order valence-corrected chi connectivity index (χ1v) is 14.7. The molecule has 0 heterocycles. The number of fused-ring (bicyclic) bond motifs is 6. The number of anilines is 3. The van der Waals surface area contributed by atoms with Gasteiger partial charge in [0.1, 0.15) is 0 Å². The van der Waals surface area contributed by atoms with Gasteiger partial charge in [-0.3, -0.25) is 0 Å². The van der Waals surface area contributed by atoms with E-state index in [0.717, 1.165) is 0 Å². The molecular formula is C42H31N. The molecule has 43 heavy (non-hydrogen) atoms. The molecule has 204 valence electrons. The van der Waals surface area contributed by atoms with E-state index in [4.69, 9.17) is 0 Å². The summed E-state index contributed by atoms with van der Waals surface area (Å²) < 4.78 is 0. The molecule has 2 aliphatic rings. The molecule has 6 aromatic rings. The van der Waals surface area contributed by atoms with E-state index in [1.807, 2.05) is 0 Å². The van der Waals surface area contributed by atoms with Crippen LogP contribution < -0.4 is 4.90 Å². The van der Waals surface area contributed by atoms with E-state index in [1.54, 1.807) is 0 Å². The van der Waals surface area contributed by atoms with E-state index >= 15 is 0 Å². The van der Waals surface area contributed by atoms with Gasteiger partial charge in [0, 0.05) is 64.2 Å². The lowest BCUT2D eigenvalue weighted by Crippen LogP contribution is -2.17. The van der Waals surface area contributed by atoms with Crippen molar-refractivity contribution >= 4 is 17.1 Å². The third-order valence-corrected chi connectivity index (χ3v) is 9.04. The van der Waals surface area contributed by atoms with Gasteiger partial charge in [-0.05, 0) is 69.3 Å². The lowest BCUT2D eigenvalue weighted by Gasteiger charge is -2.30. The second-order valence-electron chi connectivity index (χ2n) is 12.2. The van der Waals surface area contributed by atoms with Crippen molar-refractivity contribution in [2.24, 2.45) is 0 Å². The highest BCUT2D eigenvalue weighted by molar-refractivity contribution is 5.95. The molecule has 6 aromatic carbocycles. The van der Waals surface area contributed by atoms with E-state index in [1.165, 1.54) is 61.6 Å². The summed E-state index contributed by atoms with van der Waals surface area (Å²) in [6, 6.07) is 57.5. The lowest BCUT2D eigenvalue weighted by molar-refractivity contribution is 0.660. The van der Waals surface area contributed by atoms with E-state index in [9.17, 15) is 0 Å². The summed E-state index contributed by atoms with van der Waals surface area (Å²) in [5.41, 5.74) is 14.5. The van der Waals surface area contributed by atoms with Gasteiger partial charge in [-0.25, -0.2) is 0 Å². The Morgan fingerprint density at radius 1 is 0.419 bits per heavy atom. The molecule has 1 heteroatoms. The van der Waals surface area contributed by atoms with Crippen molar-refractivity contribution < 1.29 is 0 Å². The third kappa shape index (κ3) is 4.24. The van der Waals surface area contributed by atoms with Crippen molar-refractivity contribution in [3.8, 4) is 22.3 Å². The van der Waals surface area contributed by atoms with Crippen molar-refractivity contribution in [3.05, 3.63) is 174 Å². The zero-order valence-corrected chi connectivity index (χ0v) is 24.9.